The number of pyridine rings is 1. The van der Waals surface area contributed by atoms with E-state index in [-0.39, 0.29) is 17.6 Å². The minimum Gasteiger partial charge on any atom is -0.367 e. The van der Waals surface area contributed by atoms with Gasteiger partial charge in [0.2, 0.25) is 0 Å². The molecular weight excluding hydrogens is 386 g/mol. The van der Waals surface area contributed by atoms with Crippen molar-refractivity contribution < 1.29 is 13.6 Å². The predicted octanol–water partition coefficient (Wildman–Crippen LogP) is 3.79. The first-order valence-corrected chi connectivity index (χ1v) is 10.5. The van der Waals surface area contributed by atoms with Crippen molar-refractivity contribution in [3.05, 3.63) is 47.3 Å². The second-order valence-electron chi connectivity index (χ2n) is 9.10. The van der Waals surface area contributed by atoms with Crippen molar-refractivity contribution in [2.45, 2.75) is 51.6 Å². The number of anilines is 1. The molecular formula is C23H28F2N4O. The highest BCUT2D eigenvalue weighted by atomic mass is 19.1. The largest absolute Gasteiger partial charge is 0.367 e. The number of nitrogens with one attached hydrogen (secondary N) is 1. The van der Waals surface area contributed by atoms with Gasteiger partial charge in [-0.15, -0.1) is 0 Å². The molecule has 3 N–H and O–H groups in total. The third-order valence-electron chi connectivity index (χ3n) is 6.12. The van der Waals surface area contributed by atoms with Gasteiger partial charge in [0.15, 0.2) is 5.69 Å². The number of aryl methyl sites for hydroxylation is 1. The highest BCUT2D eigenvalue weighted by Gasteiger charge is 2.35. The van der Waals surface area contributed by atoms with Gasteiger partial charge in [0.25, 0.3) is 5.91 Å². The molecule has 1 saturated heterocycles. The number of hydrogen-bond acceptors (Lipinski definition) is 4. The van der Waals surface area contributed by atoms with Gasteiger partial charge < -0.3 is 16.0 Å². The molecule has 0 bridgehead atoms. The van der Waals surface area contributed by atoms with Gasteiger partial charge in [-0.2, -0.15) is 0 Å². The van der Waals surface area contributed by atoms with Crippen molar-refractivity contribution in [3.8, 4) is 11.1 Å². The maximum Gasteiger partial charge on any atom is 0.272 e. The number of amides is 1. The Kier molecular flexibility index (Phi) is 5.26. The zero-order chi connectivity index (χ0) is 21.6. The van der Waals surface area contributed by atoms with Crippen LogP contribution in [0.1, 0.15) is 49.2 Å². The van der Waals surface area contributed by atoms with E-state index in [0.29, 0.717) is 35.8 Å². The summed E-state index contributed by atoms with van der Waals surface area (Å²) in [5.74, 6) is -1.09. The van der Waals surface area contributed by atoms with Crippen LogP contribution in [0.3, 0.4) is 0 Å². The minimum absolute atomic E-state index is 0.0573. The van der Waals surface area contributed by atoms with E-state index >= 15 is 0 Å². The van der Waals surface area contributed by atoms with Gasteiger partial charge in [-0.25, -0.2) is 13.8 Å². The highest BCUT2D eigenvalue weighted by Crippen LogP contribution is 2.39. The van der Waals surface area contributed by atoms with Crippen LogP contribution in [0.2, 0.25) is 0 Å². The molecule has 160 valence electrons. The first-order chi connectivity index (χ1) is 14.1. The third-order valence-corrected chi connectivity index (χ3v) is 6.12. The fourth-order valence-electron chi connectivity index (χ4n) is 4.29. The third kappa shape index (κ3) is 4.17. The van der Waals surface area contributed by atoms with Crippen LogP contribution in [-0.4, -0.2) is 35.6 Å². The van der Waals surface area contributed by atoms with E-state index in [1.807, 2.05) is 25.7 Å². The first kappa shape index (κ1) is 20.7. The number of hydrogen-bond donors (Lipinski definition) is 2. The van der Waals surface area contributed by atoms with E-state index in [0.717, 1.165) is 30.9 Å². The van der Waals surface area contributed by atoms with Crippen LogP contribution in [0.25, 0.3) is 11.1 Å². The van der Waals surface area contributed by atoms with Crippen LogP contribution in [0.4, 0.5) is 14.5 Å². The van der Waals surface area contributed by atoms with E-state index in [1.165, 1.54) is 12.1 Å². The monoisotopic (exact) mass is 414 g/mol. The van der Waals surface area contributed by atoms with Crippen LogP contribution in [0.15, 0.2) is 24.4 Å². The van der Waals surface area contributed by atoms with Crippen LogP contribution in [0, 0.1) is 24.5 Å². The average molecular weight is 415 g/mol. The number of carbonyl (C=O) groups is 1. The number of aromatic nitrogens is 1. The lowest BCUT2D eigenvalue weighted by molar-refractivity contribution is 0.0931. The molecule has 1 saturated carbocycles. The molecule has 2 fully saturated rings. The molecule has 2 aliphatic rings. The topological polar surface area (TPSA) is 71.2 Å². The summed E-state index contributed by atoms with van der Waals surface area (Å²) in [4.78, 5) is 19.7. The van der Waals surface area contributed by atoms with Crippen LogP contribution in [-0.2, 0) is 0 Å². The zero-order valence-electron chi connectivity index (χ0n) is 17.6. The van der Waals surface area contributed by atoms with Crippen molar-refractivity contribution in [2.75, 3.05) is 18.0 Å². The van der Waals surface area contributed by atoms with Crippen molar-refractivity contribution in [1.29, 1.82) is 0 Å². The lowest BCUT2D eigenvalue weighted by Gasteiger charge is -2.27. The quantitative estimate of drug-likeness (QED) is 0.781. The molecule has 1 unspecified atom stereocenters. The zero-order valence-corrected chi connectivity index (χ0v) is 17.6. The molecule has 1 aliphatic heterocycles. The summed E-state index contributed by atoms with van der Waals surface area (Å²) < 4.78 is 28.1. The Morgan fingerprint density at radius 1 is 1.30 bits per heavy atom. The standard InChI is InChI=1S/C23H28F2N4O/c1-13-11-27-20(22(30)28-14(2)15-4-5-15)21(29-7-6-23(3,26)12-29)19(13)16-8-17(24)10-18(25)9-16/h8-11,14-15H,4-7,12,26H2,1-3H3,(H,28,30)/t14-,23?/m0/s1. The second-order valence-corrected chi connectivity index (χ2v) is 9.10. The van der Waals surface area contributed by atoms with Crippen molar-refractivity contribution in [1.82, 2.24) is 10.3 Å². The van der Waals surface area contributed by atoms with Gasteiger partial charge in [0.05, 0.1) is 5.69 Å². The lowest BCUT2D eigenvalue weighted by atomic mass is 9.97. The van der Waals surface area contributed by atoms with Gasteiger partial charge in [0, 0.05) is 42.5 Å². The summed E-state index contributed by atoms with van der Waals surface area (Å²) in [5, 5.41) is 3.06. The Hall–Kier alpha value is -2.54. The van der Waals surface area contributed by atoms with E-state index in [1.54, 1.807) is 6.20 Å². The number of carbonyl (C=O) groups excluding carboxylic acids is 1. The second kappa shape index (κ2) is 7.61. The van der Waals surface area contributed by atoms with E-state index in [9.17, 15) is 13.6 Å². The maximum atomic E-state index is 14.0. The van der Waals surface area contributed by atoms with Crippen molar-refractivity contribution >= 4 is 11.6 Å². The Morgan fingerprint density at radius 3 is 2.53 bits per heavy atom. The van der Waals surface area contributed by atoms with Crippen molar-refractivity contribution in [2.24, 2.45) is 11.7 Å². The molecule has 1 aliphatic carbocycles. The number of rotatable bonds is 5. The molecule has 1 aromatic carbocycles. The minimum atomic E-state index is -0.661. The Labute approximate surface area is 175 Å². The first-order valence-electron chi connectivity index (χ1n) is 10.5. The molecule has 2 aromatic rings. The summed E-state index contributed by atoms with van der Waals surface area (Å²) in [6.07, 6.45) is 4.57. The van der Waals surface area contributed by atoms with Crippen molar-refractivity contribution in [3.63, 3.8) is 0 Å². The summed E-state index contributed by atoms with van der Waals surface area (Å²) in [6.45, 7) is 6.97. The fourth-order valence-corrected chi connectivity index (χ4v) is 4.29. The summed E-state index contributed by atoms with van der Waals surface area (Å²) >= 11 is 0. The number of benzene rings is 1. The molecule has 0 radical (unpaired) electrons. The average Bonchev–Trinajstić information content (AvgIpc) is 3.43. The summed E-state index contributed by atoms with van der Waals surface area (Å²) in [6, 6.07) is 3.49. The smallest absolute Gasteiger partial charge is 0.272 e. The number of nitrogens with zero attached hydrogens (tertiary/aromatic N) is 2. The number of nitrogens with two attached hydrogens (primary N) is 1. The van der Waals surface area contributed by atoms with E-state index in [2.05, 4.69) is 10.3 Å². The van der Waals surface area contributed by atoms with Gasteiger partial charge in [-0.1, -0.05) is 0 Å². The lowest BCUT2D eigenvalue weighted by Crippen LogP contribution is -2.40. The van der Waals surface area contributed by atoms with Gasteiger partial charge in [0.1, 0.15) is 11.6 Å². The Morgan fingerprint density at radius 2 is 1.97 bits per heavy atom. The molecule has 1 aromatic heterocycles. The molecule has 4 rings (SSSR count). The Balaban J connectivity index is 1.84. The molecule has 2 atom stereocenters. The molecule has 7 heteroatoms. The fraction of sp³-hybridized carbons (Fsp3) is 0.478. The van der Waals surface area contributed by atoms with Crippen LogP contribution < -0.4 is 16.0 Å². The van der Waals surface area contributed by atoms with Gasteiger partial charge in [-0.05, 0) is 69.2 Å². The Bertz CT molecular complexity index is 967. The highest BCUT2D eigenvalue weighted by molar-refractivity contribution is 6.02. The van der Waals surface area contributed by atoms with Crippen LogP contribution in [0.5, 0.6) is 0 Å². The van der Waals surface area contributed by atoms with Gasteiger partial charge in [-0.3, -0.25) is 4.79 Å². The summed E-state index contributed by atoms with van der Waals surface area (Å²) in [5.41, 5.74) is 8.55. The van der Waals surface area contributed by atoms with E-state index < -0.39 is 17.2 Å². The van der Waals surface area contributed by atoms with Gasteiger partial charge >= 0.3 is 0 Å². The normalized spacial score (nSPS) is 22.3. The SMILES string of the molecule is Cc1cnc(C(=O)N[C@@H](C)C2CC2)c(N2CCC(C)(N)C2)c1-c1cc(F)cc(F)c1. The molecule has 30 heavy (non-hydrogen) atoms. The predicted molar refractivity (Wildman–Crippen MR) is 113 cm³/mol. The number of halogens is 2. The van der Waals surface area contributed by atoms with E-state index in [4.69, 9.17) is 5.73 Å². The maximum absolute atomic E-state index is 14.0. The summed E-state index contributed by atoms with van der Waals surface area (Å²) in [7, 11) is 0. The molecule has 0 spiro atoms. The molecule has 5 nitrogen and oxygen atoms in total. The van der Waals surface area contributed by atoms with Crippen LogP contribution >= 0.6 is 0 Å². The molecule has 1 amide bonds. The molecule has 2 heterocycles.